The van der Waals surface area contributed by atoms with E-state index in [1.807, 2.05) is 0 Å². The number of aliphatic carboxylic acids is 1. The standard InChI is InChI=1S/C11H10ClFO3/c1-16-6-8(5-11(14)15)7-2-3-10(13)9(12)4-7/h2-5H,6H2,1H3,(H,14,15)/b8-5+. The van der Waals surface area contributed by atoms with Gasteiger partial charge in [-0.15, -0.1) is 0 Å². The SMILES string of the molecule is COC/C(=C\C(=O)O)c1ccc(F)c(Cl)c1. The number of carboxylic acids is 1. The molecule has 3 nitrogen and oxygen atoms in total. The number of hydrogen-bond donors (Lipinski definition) is 1. The van der Waals surface area contributed by atoms with Crippen LogP contribution in [0.4, 0.5) is 4.39 Å². The van der Waals surface area contributed by atoms with Gasteiger partial charge in [-0.05, 0) is 23.3 Å². The average Bonchev–Trinajstić information content (AvgIpc) is 2.21. The van der Waals surface area contributed by atoms with Gasteiger partial charge in [0, 0.05) is 13.2 Å². The Morgan fingerprint density at radius 1 is 1.62 bits per heavy atom. The Balaban J connectivity index is 3.11. The zero-order chi connectivity index (χ0) is 12.1. The van der Waals surface area contributed by atoms with Crippen LogP contribution in [0.1, 0.15) is 5.56 Å². The molecule has 0 atom stereocenters. The number of carboxylic acid groups (broad SMARTS) is 1. The summed E-state index contributed by atoms with van der Waals surface area (Å²) in [5, 5.41) is 8.61. The summed E-state index contributed by atoms with van der Waals surface area (Å²) in [6, 6.07) is 4.00. The second-order valence-electron chi connectivity index (χ2n) is 3.07. The summed E-state index contributed by atoms with van der Waals surface area (Å²) in [5.74, 6) is -1.63. The van der Waals surface area contributed by atoms with Gasteiger partial charge in [-0.25, -0.2) is 9.18 Å². The molecule has 0 bridgehead atoms. The van der Waals surface area contributed by atoms with Crippen molar-refractivity contribution in [3.8, 4) is 0 Å². The minimum Gasteiger partial charge on any atom is -0.478 e. The minimum absolute atomic E-state index is 0.0510. The number of methoxy groups -OCH3 is 1. The summed E-state index contributed by atoms with van der Waals surface area (Å²) in [7, 11) is 1.45. The van der Waals surface area contributed by atoms with Gasteiger partial charge in [-0.3, -0.25) is 0 Å². The molecule has 0 aliphatic carbocycles. The van der Waals surface area contributed by atoms with Gasteiger partial charge in [0.15, 0.2) is 0 Å². The van der Waals surface area contributed by atoms with Gasteiger partial charge in [-0.2, -0.15) is 0 Å². The fourth-order valence-electron chi connectivity index (χ4n) is 1.21. The second kappa shape index (κ2) is 5.63. The summed E-state index contributed by atoms with van der Waals surface area (Å²) in [5.41, 5.74) is 0.951. The predicted molar refractivity (Wildman–Crippen MR) is 58.9 cm³/mol. The summed E-state index contributed by atoms with van der Waals surface area (Å²) in [4.78, 5) is 10.6. The van der Waals surface area contributed by atoms with Gasteiger partial charge >= 0.3 is 5.97 Å². The first-order chi connectivity index (χ1) is 7.54. The van der Waals surface area contributed by atoms with E-state index in [0.717, 1.165) is 6.08 Å². The molecule has 0 aromatic heterocycles. The van der Waals surface area contributed by atoms with Crippen LogP contribution >= 0.6 is 11.6 Å². The highest BCUT2D eigenvalue weighted by atomic mass is 35.5. The van der Waals surface area contributed by atoms with Crippen molar-refractivity contribution in [2.24, 2.45) is 0 Å². The van der Waals surface area contributed by atoms with Crippen molar-refractivity contribution in [3.63, 3.8) is 0 Å². The van der Waals surface area contributed by atoms with Gasteiger partial charge in [0.25, 0.3) is 0 Å². The second-order valence-corrected chi connectivity index (χ2v) is 3.48. The number of hydrogen-bond acceptors (Lipinski definition) is 2. The van der Waals surface area contributed by atoms with Crippen molar-refractivity contribution in [2.45, 2.75) is 0 Å². The third kappa shape index (κ3) is 3.32. The van der Waals surface area contributed by atoms with E-state index < -0.39 is 11.8 Å². The molecule has 0 spiro atoms. The Labute approximate surface area is 97.1 Å². The van der Waals surface area contributed by atoms with Crippen LogP contribution in [0.5, 0.6) is 0 Å². The molecule has 5 heteroatoms. The monoisotopic (exact) mass is 244 g/mol. The zero-order valence-electron chi connectivity index (χ0n) is 8.54. The molecule has 0 heterocycles. The minimum atomic E-state index is -1.09. The topological polar surface area (TPSA) is 46.5 Å². The molecular formula is C11H10ClFO3. The molecule has 0 radical (unpaired) electrons. The summed E-state index contributed by atoms with van der Waals surface area (Å²) in [6.45, 7) is 0.119. The normalized spacial score (nSPS) is 11.6. The lowest BCUT2D eigenvalue weighted by Gasteiger charge is -2.06. The molecule has 16 heavy (non-hydrogen) atoms. The van der Waals surface area contributed by atoms with Gasteiger partial charge < -0.3 is 9.84 Å². The quantitative estimate of drug-likeness (QED) is 0.828. The van der Waals surface area contributed by atoms with Crippen molar-refractivity contribution >= 4 is 23.1 Å². The van der Waals surface area contributed by atoms with E-state index >= 15 is 0 Å². The molecule has 1 N–H and O–H groups in total. The summed E-state index contributed by atoms with van der Waals surface area (Å²) >= 11 is 5.60. The molecule has 0 fully saturated rings. The maximum Gasteiger partial charge on any atom is 0.328 e. The molecule has 0 aliphatic rings. The smallest absolute Gasteiger partial charge is 0.328 e. The van der Waals surface area contributed by atoms with Gasteiger partial charge in [0.05, 0.1) is 11.6 Å². The molecule has 0 amide bonds. The highest BCUT2D eigenvalue weighted by Crippen LogP contribution is 2.21. The van der Waals surface area contributed by atoms with Crippen molar-refractivity contribution in [1.29, 1.82) is 0 Å². The first-order valence-corrected chi connectivity index (χ1v) is 4.80. The van der Waals surface area contributed by atoms with Crippen LogP contribution in [-0.2, 0) is 9.53 Å². The first-order valence-electron chi connectivity index (χ1n) is 4.42. The third-order valence-corrected chi connectivity index (χ3v) is 2.18. The molecule has 0 saturated heterocycles. The zero-order valence-corrected chi connectivity index (χ0v) is 9.29. The van der Waals surface area contributed by atoms with Crippen LogP contribution in [0.2, 0.25) is 5.02 Å². The number of benzene rings is 1. The maximum atomic E-state index is 12.9. The van der Waals surface area contributed by atoms with E-state index in [-0.39, 0.29) is 11.6 Å². The van der Waals surface area contributed by atoms with Crippen LogP contribution in [0.25, 0.3) is 5.57 Å². The molecular weight excluding hydrogens is 235 g/mol. The van der Waals surface area contributed by atoms with Crippen LogP contribution in [-0.4, -0.2) is 24.8 Å². The van der Waals surface area contributed by atoms with E-state index in [1.54, 1.807) is 0 Å². The molecule has 86 valence electrons. The Bertz CT molecular complexity index is 429. The lowest BCUT2D eigenvalue weighted by Crippen LogP contribution is -1.99. The van der Waals surface area contributed by atoms with Gasteiger partial charge in [-0.1, -0.05) is 17.7 Å². The van der Waals surface area contributed by atoms with E-state index in [4.69, 9.17) is 21.4 Å². The van der Waals surface area contributed by atoms with Gasteiger partial charge in [0.2, 0.25) is 0 Å². The van der Waals surface area contributed by atoms with E-state index in [1.165, 1.54) is 25.3 Å². The fraction of sp³-hybridized carbons (Fsp3) is 0.182. The van der Waals surface area contributed by atoms with Gasteiger partial charge in [0.1, 0.15) is 5.82 Å². The highest BCUT2D eigenvalue weighted by Gasteiger charge is 2.07. The van der Waals surface area contributed by atoms with E-state index in [0.29, 0.717) is 11.1 Å². The van der Waals surface area contributed by atoms with Crippen LogP contribution in [0, 0.1) is 5.82 Å². The average molecular weight is 245 g/mol. The van der Waals surface area contributed by atoms with Crippen LogP contribution < -0.4 is 0 Å². The van der Waals surface area contributed by atoms with Crippen LogP contribution in [0.3, 0.4) is 0 Å². The lowest BCUT2D eigenvalue weighted by molar-refractivity contribution is -0.131. The first kappa shape index (κ1) is 12.7. The number of halogens is 2. The van der Waals surface area contributed by atoms with Crippen molar-refractivity contribution < 1.29 is 19.0 Å². The summed E-state index contributed by atoms with van der Waals surface area (Å²) < 4.78 is 17.8. The number of carbonyl (C=O) groups is 1. The Morgan fingerprint density at radius 3 is 2.81 bits per heavy atom. The number of rotatable bonds is 4. The number of ether oxygens (including phenoxy) is 1. The third-order valence-electron chi connectivity index (χ3n) is 1.89. The van der Waals surface area contributed by atoms with Crippen molar-refractivity contribution in [3.05, 3.63) is 40.7 Å². The Kier molecular flexibility index (Phi) is 4.46. The van der Waals surface area contributed by atoms with Crippen LogP contribution in [0.15, 0.2) is 24.3 Å². The molecule has 1 rings (SSSR count). The molecule has 0 saturated carbocycles. The Morgan fingerprint density at radius 2 is 2.31 bits per heavy atom. The van der Waals surface area contributed by atoms with E-state index in [2.05, 4.69) is 0 Å². The van der Waals surface area contributed by atoms with Crippen molar-refractivity contribution in [1.82, 2.24) is 0 Å². The molecule has 0 unspecified atom stereocenters. The van der Waals surface area contributed by atoms with Crippen molar-refractivity contribution in [2.75, 3.05) is 13.7 Å². The highest BCUT2D eigenvalue weighted by molar-refractivity contribution is 6.30. The fourth-order valence-corrected chi connectivity index (χ4v) is 1.39. The maximum absolute atomic E-state index is 12.9. The molecule has 1 aromatic carbocycles. The predicted octanol–water partition coefficient (Wildman–Crippen LogP) is 2.59. The lowest BCUT2D eigenvalue weighted by atomic mass is 10.1. The molecule has 1 aromatic rings. The Hall–Kier alpha value is -1.39. The summed E-state index contributed by atoms with van der Waals surface area (Å²) in [6.07, 6.45) is 1.01. The molecule has 0 aliphatic heterocycles. The van der Waals surface area contributed by atoms with E-state index in [9.17, 15) is 9.18 Å². The largest absolute Gasteiger partial charge is 0.478 e.